The third kappa shape index (κ3) is 3.39. The predicted molar refractivity (Wildman–Crippen MR) is 75.4 cm³/mol. The molecular weight excluding hydrogens is 262 g/mol. The van der Waals surface area contributed by atoms with Gasteiger partial charge in [0, 0.05) is 16.8 Å². The molecule has 1 N–H and O–H groups in total. The first-order valence-corrected chi connectivity index (χ1v) is 6.07. The van der Waals surface area contributed by atoms with E-state index in [1.807, 2.05) is 18.2 Å². The molecule has 0 bridgehead atoms. The van der Waals surface area contributed by atoms with Gasteiger partial charge < -0.3 is 0 Å². The Morgan fingerprint density at radius 3 is 2.63 bits per heavy atom. The monoisotopic (exact) mass is 273 g/mol. The van der Waals surface area contributed by atoms with E-state index in [2.05, 4.69) is 15.5 Å². The molecule has 4 nitrogen and oxygen atoms in total. The van der Waals surface area contributed by atoms with E-state index < -0.39 is 0 Å². The zero-order valence-corrected chi connectivity index (χ0v) is 11.1. The summed E-state index contributed by atoms with van der Waals surface area (Å²) in [7, 11) is 0. The molecule has 1 aromatic carbocycles. The molecule has 0 fully saturated rings. The van der Waals surface area contributed by atoms with E-state index in [4.69, 9.17) is 11.6 Å². The van der Waals surface area contributed by atoms with Crippen molar-refractivity contribution >= 4 is 23.2 Å². The van der Waals surface area contributed by atoms with Crippen LogP contribution in [0.3, 0.4) is 0 Å². The molecular formula is C14H12ClN3O. The Bertz CT molecular complexity index is 611. The molecule has 0 aliphatic rings. The fraction of sp³-hybridized carbons (Fsp3) is 0.0714. The van der Waals surface area contributed by atoms with Crippen LogP contribution in [0.25, 0.3) is 0 Å². The van der Waals surface area contributed by atoms with Crippen LogP contribution >= 0.6 is 11.6 Å². The molecule has 19 heavy (non-hydrogen) atoms. The van der Waals surface area contributed by atoms with E-state index in [0.717, 1.165) is 5.56 Å². The largest absolute Gasteiger partial charge is 0.289 e. The summed E-state index contributed by atoms with van der Waals surface area (Å²) >= 11 is 6.05. The Kier molecular flexibility index (Phi) is 4.26. The number of carbonyl (C=O) groups is 1. The Hall–Kier alpha value is -2.20. The lowest BCUT2D eigenvalue weighted by molar-refractivity contribution is 0.0950. The van der Waals surface area contributed by atoms with Crippen molar-refractivity contribution in [1.29, 1.82) is 0 Å². The number of carbonyl (C=O) groups excluding carboxylic acids is 1. The number of hydrogen-bond donors (Lipinski definition) is 1. The van der Waals surface area contributed by atoms with Gasteiger partial charge in [-0.15, -0.1) is 0 Å². The van der Waals surface area contributed by atoms with Gasteiger partial charge in [-0.1, -0.05) is 35.9 Å². The van der Waals surface area contributed by atoms with E-state index in [-0.39, 0.29) is 5.91 Å². The topological polar surface area (TPSA) is 54.4 Å². The van der Waals surface area contributed by atoms with Crippen molar-refractivity contribution in [2.75, 3.05) is 0 Å². The summed E-state index contributed by atoms with van der Waals surface area (Å²) in [4.78, 5) is 15.7. The van der Waals surface area contributed by atoms with Gasteiger partial charge in [0.25, 0.3) is 5.91 Å². The number of nitrogens with one attached hydrogen (secondary N) is 1. The SMILES string of the molecule is C/C(=N/NC(=O)c1ccccn1)c1ccccc1Cl. The molecule has 0 aliphatic heterocycles. The van der Waals surface area contributed by atoms with Crippen molar-refractivity contribution in [3.8, 4) is 0 Å². The Morgan fingerprint density at radius 1 is 1.21 bits per heavy atom. The second-order valence-electron chi connectivity index (χ2n) is 3.83. The summed E-state index contributed by atoms with van der Waals surface area (Å²) in [6.45, 7) is 1.78. The lowest BCUT2D eigenvalue weighted by Crippen LogP contribution is -2.20. The van der Waals surface area contributed by atoms with Crippen LogP contribution in [0.4, 0.5) is 0 Å². The number of pyridine rings is 1. The van der Waals surface area contributed by atoms with Gasteiger partial charge in [0.2, 0.25) is 0 Å². The number of aromatic nitrogens is 1. The molecule has 2 aromatic rings. The number of nitrogens with zero attached hydrogens (tertiary/aromatic N) is 2. The highest BCUT2D eigenvalue weighted by Gasteiger charge is 2.06. The summed E-state index contributed by atoms with van der Waals surface area (Å²) in [5, 5.41) is 4.62. The van der Waals surface area contributed by atoms with Crippen LogP contribution in [0.2, 0.25) is 5.02 Å². The summed E-state index contributed by atoms with van der Waals surface area (Å²) in [5.74, 6) is -0.355. The average Bonchev–Trinajstić information content (AvgIpc) is 2.46. The smallest absolute Gasteiger partial charge is 0.266 e. The van der Waals surface area contributed by atoms with Gasteiger partial charge in [-0.25, -0.2) is 5.43 Å². The average molecular weight is 274 g/mol. The van der Waals surface area contributed by atoms with Gasteiger partial charge in [0.15, 0.2) is 0 Å². The number of hydrogen-bond acceptors (Lipinski definition) is 3. The fourth-order valence-corrected chi connectivity index (χ4v) is 1.78. The van der Waals surface area contributed by atoms with Crippen LogP contribution in [-0.2, 0) is 0 Å². The van der Waals surface area contributed by atoms with Gasteiger partial charge in [0.1, 0.15) is 5.69 Å². The first kappa shape index (κ1) is 13.2. The number of hydrazone groups is 1. The van der Waals surface area contributed by atoms with Crippen LogP contribution in [0.5, 0.6) is 0 Å². The quantitative estimate of drug-likeness (QED) is 0.690. The predicted octanol–water partition coefficient (Wildman–Crippen LogP) is 2.89. The number of halogens is 1. The van der Waals surface area contributed by atoms with Gasteiger partial charge in [-0.3, -0.25) is 9.78 Å². The normalized spacial score (nSPS) is 11.2. The van der Waals surface area contributed by atoms with Crippen LogP contribution in [-0.4, -0.2) is 16.6 Å². The van der Waals surface area contributed by atoms with Crippen LogP contribution < -0.4 is 5.43 Å². The molecule has 0 saturated heterocycles. The van der Waals surface area contributed by atoms with Gasteiger partial charge in [-0.05, 0) is 25.1 Å². The fourth-order valence-electron chi connectivity index (χ4n) is 1.50. The van der Waals surface area contributed by atoms with Crippen molar-refractivity contribution in [3.05, 3.63) is 64.9 Å². The minimum atomic E-state index is -0.355. The van der Waals surface area contributed by atoms with E-state index >= 15 is 0 Å². The van der Waals surface area contributed by atoms with Gasteiger partial charge in [0.05, 0.1) is 5.71 Å². The van der Waals surface area contributed by atoms with Crippen molar-refractivity contribution in [1.82, 2.24) is 10.4 Å². The minimum absolute atomic E-state index is 0.318. The Balaban J connectivity index is 2.11. The highest BCUT2D eigenvalue weighted by Crippen LogP contribution is 2.15. The molecule has 5 heteroatoms. The zero-order valence-electron chi connectivity index (χ0n) is 10.3. The van der Waals surface area contributed by atoms with Gasteiger partial charge >= 0.3 is 0 Å². The Labute approximate surface area is 116 Å². The first-order valence-electron chi connectivity index (χ1n) is 5.69. The molecule has 2 rings (SSSR count). The molecule has 1 heterocycles. The maximum absolute atomic E-state index is 11.8. The lowest BCUT2D eigenvalue weighted by atomic mass is 10.1. The van der Waals surface area contributed by atoms with Crippen molar-refractivity contribution < 1.29 is 4.79 Å². The van der Waals surface area contributed by atoms with E-state index in [9.17, 15) is 4.79 Å². The third-order valence-electron chi connectivity index (χ3n) is 2.49. The van der Waals surface area contributed by atoms with Gasteiger partial charge in [-0.2, -0.15) is 5.10 Å². The van der Waals surface area contributed by atoms with E-state index in [0.29, 0.717) is 16.4 Å². The molecule has 0 aliphatic carbocycles. The molecule has 1 amide bonds. The molecule has 1 aromatic heterocycles. The second-order valence-corrected chi connectivity index (χ2v) is 4.24. The van der Waals surface area contributed by atoms with Crippen molar-refractivity contribution in [2.24, 2.45) is 5.10 Å². The lowest BCUT2D eigenvalue weighted by Gasteiger charge is -2.04. The van der Waals surface area contributed by atoms with Crippen molar-refractivity contribution in [3.63, 3.8) is 0 Å². The van der Waals surface area contributed by atoms with E-state index in [1.165, 1.54) is 0 Å². The van der Waals surface area contributed by atoms with Crippen molar-refractivity contribution in [2.45, 2.75) is 6.92 Å². The van der Waals surface area contributed by atoms with E-state index in [1.54, 1.807) is 37.4 Å². The minimum Gasteiger partial charge on any atom is -0.266 e. The number of benzene rings is 1. The second kappa shape index (κ2) is 6.11. The summed E-state index contributed by atoms with van der Waals surface area (Å²) < 4.78 is 0. The number of amides is 1. The third-order valence-corrected chi connectivity index (χ3v) is 2.82. The highest BCUT2D eigenvalue weighted by molar-refractivity contribution is 6.34. The summed E-state index contributed by atoms with van der Waals surface area (Å²) in [6.07, 6.45) is 1.56. The maximum Gasteiger partial charge on any atom is 0.289 e. The molecule has 0 radical (unpaired) electrons. The van der Waals surface area contributed by atoms with Crippen LogP contribution in [0.1, 0.15) is 23.0 Å². The number of rotatable bonds is 3. The summed E-state index contributed by atoms with van der Waals surface area (Å²) in [5.41, 5.74) is 4.19. The summed E-state index contributed by atoms with van der Waals surface area (Å²) in [6, 6.07) is 12.4. The Morgan fingerprint density at radius 2 is 1.95 bits per heavy atom. The molecule has 0 atom stereocenters. The molecule has 0 saturated carbocycles. The van der Waals surface area contributed by atoms with Crippen LogP contribution in [0, 0.1) is 0 Å². The first-order chi connectivity index (χ1) is 9.18. The zero-order chi connectivity index (χ0) is 13.7. The maximum atomic E-state index is 11.8. The highest BCUT2D eigenvalue weighted by atomic mass is 35.5. The molecule has 0 spiro atoms. The standard InChI is InChI=1S/C14H12ClN3O/c1-10(11-6-2-3-7-12(11)15)17-18-14(19)13-8-4-5-9-16-13/h2-9H,1H3,(H,18,19)/b17-10-. The molecule has 96 valence electrons. The molecule has 0 unspecified atom stereocenters. The van der Waals surface area contributed by atoms with Crippen LogP contribution in [0.15, 0.2) is 53.8 Å².